The first kappa shape index (κ1) is 16.7. The predicted octanol–water partition coefficient (Wildman–Crippen LogP) is 3.54. The fourth-order valence-corrected chi connectivity index (χ4v) is 4.25. The Morgan fingerprint density at radius 3 is 2.50 bits per heavy atom. The average molecular weight is 369 g/mol. The van der Waals surface area contributed by atoms with E-state index in [0.717, 1.165) is 42.7 Å². The Morgan fingerprint density at radius 1 is 1.12 bits per heavy atom. The van der Waals surface area contributed by atoms with E-state index in [9.17, 15) is 10.1 Å². The fourth-order valence-electron chi connectivity index (χ4n) is 3.29. The Labute approximate surface area is 155 Å². The second-order valence-corrected chi connectivity index (χ2v) is 7.55. The highest BCUT2D eigenvalue weighted by Crippen LogP contribution is 2.33. The highest BCUT2D eigenvalue weighted by Gasteiger charge is 2.23. The number of pyridine rings is 1. The lowest BCUT2D eigenvalue weighted by molar-refractivity contribution is -0.383. The highest BCUT2D eigenvalue weighted by atomic mass is 32.1. The molecule has 1 aliphatic rings. The molecule has 0 unspecified atom stereocenters. The second kappa shape index (κ2) is 6.53. The summed E-state index contributed by atoms with van der Waals surface area (Å²) in [4.78, 5) is 25.8. The van der Waals surface area contributed by atoms with Crippen molar-refractivity contribution in [2.45, 2.75) is 13.8 Å². The van der Waals surface area contributed by atoms with Crippen molar-refractivity contribution in [3.8, 4) is 0 Å². The van der Waals surface area contributed by atoms with E-state index in [1.807, 2.05) is 13.0 Å². The number of nitrogens with zero attached hydrogens (tertiary/aromatic N) is 5. The third kappa shape index (κ3) is 2.86. The molecule has 2 aromatic heterocycles. The number of anilines is 2. The molecule has 0 N–H and O–H groups in total. The highest BCUT2D eigenvalue weighted by molar-refractivity contribution is 7.15. The molecule has 1 aliphatic heterocycles. The van der Waals surface area contributed by atoms with E-state index in [0.29, 0.717) is 10.9 Å². The Kier molecular flexibility index (Phi) is 4.20. The zero-order valence-electron chi connectivity index (χ0n) is 14.7. The smallest absolute Gasteiger partial charge is 0.278 e. The molecule has 26 heavy (non-hydrogen) atoms. The molecular formula is C18H19N5O2S. The number of non-ortho nitro benzene ring substituents is 1. The summed E-state index contributed by atoms with van der Waals surface area (Å²) in [6, 6.07) is 6.91. The molecule has 0 amide bonds. The van der Waals surface area contributed by atoms with Gasteiger partial charge in [-0.2, -0.15) is 0 Å². The SMILES string of the molecule is Cc1nc(N2CCN(c3ccc([N+](=O)[O-])c4cccnc34)CC2)sc1C. The summed E-state index contributed by atoms with van der Waals surface area (Å²) in [5, 5.41) is 12.9. The minimum absolute atomic E-state index is 0.101. The van der Waals surface area contributed by atoms with Crippen LogP contribution in [0.2, 0.25) is 0 Å². The number of benzene rings is 1. The van der Waals surface area contributed by atoms with Gasteiger partial charge < -0.3 is 9.80 Å². The number of hydrogen-bond acceptors (Lipinski definition) is 7. The number of aromatic nitrogens is 2. The molecule has 0 spiro atoms. The van der Waals surface area contributed by atoms with Gasteiger partial charge in [-0.25, -0.2) is 4.98 Å². The van der Waals surface area contributed by atoms with Gasteiger partial charge in [0.25, 0.3) is 5.69 Å². The van der Waals surface area contributed by atoms with Crippen LogP contribution in [0.15, 0.2) is 30.5 Å². The maximum Gasteiger partial charge on any atom is 0.278 e. The van der Waals surface area contributed by atoms with E-state index < -0.39 is 0 Å². The first-order valence-electron chi connectivity index (χ1n) is 8.50. The molecule has 7 nitrogen and oxygen atoms in total. The van der Waals surface area contributed by atoms with E-state index in [1.54, 1.807) is 35.7 Å². The van der Waals surface area contributed by atoms with E-state index in [4.69, 9.17) is 0 Å². The molecule has 0 aliphatic carbocycles. The zero-order chi connectivity index (χ0) is 18.3. The fraction of sp³-hybridized carbons (Fsp3) is 0.333. The third-order valence-corrected chi connectivity index (χ3v) is 5.96. The molecule has 4 rings (SSSR count). The number of piperazine rings is 1. The lowest BCUT2D eigenvalue weighted by Crippen LogP contribution is -2.46. The van der Waals surface area contributed by atoms with E-state index in [1.165, 1.54) is 4.88 Å². The number of aryl methyl sites for hydroxylation is 2. The normalized spacial score (nSPS) is 14.8. The zero-order valence-corrected chi connectivity index (χ0v) is 15.5. The molecule has 0 bridgehead atoms. The van der Waals surface area contributed by atoms with Crippen LogP contribution in [0, 0.1) is 24.0 Å². The van der Waals surface area contributed by atoms with Crippen molar-refractivity contribution in [1.29, 1.82) is 0 Å². The van der Waals surface area contributed by atoms with Gasteiger partial charge in [0.1, 0.15) is 5.52 Å². The van der Waals surface area contributed by atoms with Crippen molar-refractivity contribution in [2.24, 2.45) is 0 Å². The van der Waals surface area contributed by atoms with Crippen LogP contribution < -0.4 is 9.80 Å². The molecule has 1 saturated heterocycles. The number of thiazole rings is 1. The first-order chi connectivity index (χ1) is 12.5. The van der Waals surface area contributed by atoms with Crippen molar-refractivity contribution in [3.05, 3.63) is 51.1 Å². The molecule has 3 heterocycles. The summed E-state index contributed by atoms with van der Waals surface area (Å²) in [5.41, 5.74) is 2.84. The monoisotopic (exact) mass is 369 g/mol. The number of rotatable bonds is 3. The van der Waals surface area contributed by atoms with Gasteiger partial charge in [-0.3, -0.25) is 15.1 Å². The van der Waals surface area contributed by atoms with Gasteiger partial charge in [0.05, 0.1) is 21.7 Å². The largest absolute Gasteiger partial charge is 0.366 e. The van der Waals surface area contributed by atoms with Gasteiger partial charge in [0.15, 0.2) is 5.13 Å². The summed E-state index contributed by atoms with van der Waals surface area (Å²) < 4.78 is 0. The lowest BCUT2D eigenvalue weighted by Gasteiger charge is -2.36. The van der Waals surface area contributed by atoms with Gasteiger partial charge >= 0.3 is 0 Å². The molecule has 0 atom stereocenters. The Hall–Kier alpha value is -2.74. The number of hydrogen-bond donors (Lipinski definition) is 0. The van der Waals surface area contributed by atoms with E-state index in [2.05, 4.69) is 26.7 Å². The van der Waals surface area contributed by atoms with Gasteiger partial charge in [-0.05, 0) is 32.0 Å². The van der Waals surface area contributed by atoms with Crippen LogP contribution in [0.1, 0.15) is 10.6 Å². The summed E-state index contributed by atoms with van der Waals surface area (Å²) in [7, 11) is 0. The lowest BCUT2D eigenvalue weighted by atomic mass is 10.1. The quantitative estimate of drug-likeness (QED) is 0.519. The number of nitro benzene ring substituents is 1. The van der Waals surface area contributed by atoms with Crippen LogP contribution in [0.3, 0.4) is 0 Å². The number of fused-ring (bicyclic) bond motifs is 1. The van der Waals surface area contributed by atoms with Crippen LogP contribution in [0.25, 0.3) is 10.9 Å². The molecular weight excluding hydrogens is 350 g/mol. The summed E-state index contributed by atoms with van der Waals surface area (Å²) in [6.07, 6.45) is 1.69. The Bertz CT molecular complexity index is 959. The average Bonchev–Trinajstić information content (AvgIpc) is 2.99. The molecule has 0 saturated carbocycles. The van der Waals surface area contributed by atoms with Crippen molar-refractivity contribution in [2.75, 3.05) is 36.0 Å². The summed E-state index contributed by atoms with van der Waals surface area (Å²) >= 11 is 1.73. The van der Waals surface area contributed by atoms with Gasteiger partial charge in [-0.15, -0.1) is 11.3 Å². The topological polar surface area (TPSA) is 75.4 Å². The number of nitro groups is 1. The minimum Gasteiger partial charge on any atom is -0.366 e. The van der Waals surface area contributed by atoms with Gasteiger partial charge in [-0.1, -0.05) is 0 Å². The van der Waals surface area contributed by atoms with Gasteiger partial charge in [0, 0.05) is 43.3 Å². The molecule has 1 aromatic carbocycles. The van der Waals surface area contributed by atoms with Crippen LogP contribution >= 0.6 is 11.3 Å². The molecule has 3 aromatic rings. The maximum absolute atomic E-state index is 11.3. The maximum atomic E-state index is 11.3. The molecule has 0 radical (unpaired) electrons. The molecule has 8 heteroatoms. The predicted molar refractivity (Wildman–Crippen MR) is 104 cm³/mol. The van der Waals surface area contributed by atoms with E-state index >= 15 is 0 Å². The Morgan fingerprint density at radius 2 is 1.85 bits per heavy atom. The van der Waals surface area contributed by atoms with Crippen LogP contribution in [0.4, 0.5) is 16.5 Å². The van der Waals surface area contributed by atoms with E-state index in [-0.39, 0.29) is 10.6 Å². The van der Waals surface area contributed by atoms with Crippen molar-refractivity contribution >= 4 is 38.7 Å². The Balaban J connectivity index is 1.60. The molecule has 134 valence electrons. The van der Waals surface area contributed by atoms with Crippen molar-refractivity contribution < 1.29 is 4.92 Å². The minimum atomic E-state index is -0.348. The summed E-state index contributed by atoms with van der Waals surface area (Å²) in [5.74, 6) is 0. The van der Waals surface area contributed by atoms with Gasteiger partial charge in [0.2, 0.25) is 0 Å². The van der Waals surface area contributed by atoms with Crippen LogP contribution in [-0.2, 0) is 0 Å². The first-order valence-corrected chi connectivity index (χ1v) is 9.32. The third-order valence-electron chi connectivity index (χ3n) is 4.83. The van der Waals surface area contributed by atoms with Crippen LogP contribution in [-0.4, -0.2) is 41.1 Å². The molecule has 1 fully saturated rings. The second-order valence-electron chi connectivity index (χ2n) is 6.37. The standard InChI is InChI=1S/C18H19N5O2S/c1-12-13(2)26-18(20-12)22-10-8-21(9-11-22)16-6-5-15(23(24)25)14-4-3-7-19-17(14)16/h3-7H,8-11H2,1-2H3. The van der Waals surface area contributed by atoms with Crippen molar-refractivity contribution in [1.82, 2.24) is 9.97 Å². The summed E-state index contributed by atoms with van der Waals surface area (Å²) in [6.45, 7) is 7.55. The van der Waals surface area contributed by atoms with Crippen LogP contribution in [0.5, 0.6) is 0 Å². The van der Waals surface area contributed by atoms with Crippen molar-refractivity contribution in [3.63, 3.8) is 0 Å².